The molecule has 1 aliphatic rings. The number of hydrogen-bond donors (Lipinski definition) is 1. The average Bonchev–Trinajstić information content (AvgIpc) is 2.37. The normalized spacial score (nSPS) is 19.9. The number of carbonyl (C=O) groups excluding carboxylic acids is 1. The summed E-state index contributed by atoms with van der Waals surface area (Å²) in [4.78, 5) is 13.5. The number of nitrogens with zero attached hydrogens (tertiary/aromatic N) is 2. The lowest BCUT2D eigenvalue weighted by Crippen LogP contribution is -2.51. The first-order chi connectivity index (χ1) is 8.38. The summed E-state index contributed by atoms with van der Waals surface area (Å²) >= 11 is 0. The number of rotatable bonds is 4. The van der Waals surface area contributed by atoms with Crippen molar-refractivity contribution in [3.05, 3.63) is 0 Å². The van der Waals surface area contributed by atoms with Gasteiger partial charge in [0.25, 0.3) is 0 Å². The summed E-state index contributed by atoms with van der Waals surface area (Å²) in [6.07, 6.45) is 0. The van der Waals surface area contributed by atoms with Crippen molar-refractivity contribution in [1.29, 1.82) is 5.26 Å². The molecule has 102 valence electrons. The summed E-state index contributed by atoms with van der Waals surface area (Å²) in [7, 11) is -3.78. The minimum atomic E-state index is -3.78. The molecule has 1 N–H and O–H groups in total. The van der Waals surface area contributed by atoms with E-state index in [1.165, 1.54) is 13.8 Å². The second-order valence-corrected chi connectivity index (χ2v) is 6.13. The van der Waals surface area contributed by atoms with Crippen LogP contribution in [0, 0.1) is 11.3 Å². The number of amides is 1. The first-order valence-electron chi connectivity index (χ1n) is 5.66. The minimum Gasteiger partial charge on any atom is -0.378 e. The maximum Gasteiger partial charge on any atom is 0.240 e. The van der Waals surface area contributed by atoms with Crippen LogP contribution in [0.2, 0.25) is 0 Å². The van der Waals surface area contributed by atoms with Crippen LogP contribution in [0.3, 0.4) is 0 Å². The van der Waals surface area contributed by atoms with E-state index >= 15 is 0 Å². The number of nitriles is 1. The van der Waals surface area contributed by atoms with Crippen molar-refractivity contribution < 1.29 is 17.9 Å². The Balaban J connectivity index is 2.62. The van der Waals surface area contributed by atoms with Gasteiger partial charge >= 0.3 is 0 Å². The van der Waals surface area contributed by atoms with Gasteiger partial charge in [-0.05, 0) is 13.8 Å². The molecule has 7 nitrogen and oxygen atoms in total. The quantitative estimate of drug-likeness (QED) is 0.714. The number of carbonyl (C=O) groups is 1. The molecule has 8 heteroatoms. The highest BCUT2D eigenvalue weighted by molar-refractivity contribution is 7.90. The maximum absolute atomic E-state index is 11.9. The lowest BCUT2D eigenvalue weighted by molar-refractivity contribution is -0.136. The molecule has 1 saturated heterocycles. The Hall–Kier alpha value is -1.17. The van der Waals surface area contributed by atoms with Crippen LogP contribution in [0.4, 0.5) is 0 Å². The largest absolute Gasteiger partial charge is 0.378 e. The number of sulfonamides is 1. The predicted octanol–water partition coefficient (Wildman–Crippen LogP) is -0.935. The van der Waals surface area contributed by atoms with Gasteiger partial charge in [-0.1, -0.05) is 0 Å². The molecule has 0 aromatic heterocycles. The molecule has 0 aliphatic carbocycles. The van der Waals surface area contributed by atoms with E-state index < -0.39 is 21.3 Å². The molecule has 1 amide bonds. The van der Waals surface area contributed by atoms with E-state index in [-0.39, 0.29) is 5.91 Å². The molecule has 1 heterocycles. The van der Waals surface area contributed by atoms with Gasteiger partial charge in [-0.25, -0.2) is 13.1 Å². The fourth-order valence-corrected chi connectivity index (χ4v) is 2.46. The number of ether oxygens (including phenoxy) is 1. The molecule has 1 rings (SSSR count). The molecule has 0 aromatic carbocycles. The molecule has 0 radical (unpaired) electrons. The van der Waals surface area contributed by atoms with E-state index in [9.17, 15) is 13.2 Å². The third-order valence-electron chi connectivity index (χ3n) is 2.68. The third-order valence-corrected chi connectivity index (χ3v) is 4.40. The van der Waals surface area contributed by atoms with Crippen LogP contribution in [0.1, 0.15) is 13.8 Å². The van der Waals surface area contributed by atoms with Crippen LogP contribution < -0.4 is 4.72 Å². The summed E-state index contributed by atoms with van der Waals surface area (Å²) in [6.45, 7) is 4.57. The van der Waals surface area contributed by atoms with Gasteiger partial charge in [0.2, 0.25) is 15.9 Å². The summed E-state index contributed by atoms with van der Waals surface area (Å²) in [5.74, 6) is -0.299. The molecule has 1 aliphatic heterocycles. The summed E-state index contributed by atoms with van der Waals surface area (Å²) in [5, 5.41) is 7.41. The highest BCUT2D eigenvalue weighted by atomic mass is 32.2. The van der Waals surface area contributed by atoms with E-state index in [2.05, 4.69) is 4.72 Å². The van der Waals surface area contributed by atoms with Crippen LogP contribution in [0.5, 0.6) is 0 Å². The van der Waals surface area contributed by atoms with Gasteiger partial charge in [0.05, 0.1) is 25.3 Å². The van der Waals surface area contributed by atoms with Gasteiger partial charge in [-0.2, -0.15) is 5.26 Å². The van der Waals surface area contributed by atoms with Crippen LogP contribution in [-0.2, 0) is 19.6 Å². The predicted molar refractivity (Wildman–Crippen MR) is 64.0 cm³/mol. The van der Waals surface area contributed by atoms with Crippen molar-refractivity contribution >= 4 is 15.9 Å². The zero-order chi connectivity index (χ0) is 13.8. The van der Waals surface area contributed by atoms with Gasteiger partial charge in [0.15, 0.2) is 5.25 Å². The number of morpholine rings is 1. The molecule has 0 saturated carbocycles. The SMILES string of the molecule is CC(NS(=O)(=O)C(C)C#N)C(=O)N1CCOCC1. The minimum absolute atomic E-state index is 0.299. The summed E-state index contributed by atoms with van der Waals surface area (Å²) < 4.78 is 30.6. The van der Waals surface area contributed by atoms with Crippen LogP contribution in [-0.4, -0.2) is 56.8 Å². The van der Waals surface area contributed by atoms with Crippen LogP contribution in [0.15, 0.2) is 0 Å². The summed E-state index contributed by atoms with van der Waals surface area (Å²) in [6, 6.07) is 0.762. The van der Waals surface area contributed by atoms with Crippen molar-refractivity contribution in [1.82, 2.24) is 9.62 Å². The standard InChI is InChI=1S/C10H17N3O4S/c1-8(7-11)18(15,16)12-9(2)10(14)13-3-5-17-6-4-13/h8-9,12H,3-6H2,1-2H3. The molecule has 18 heavy (non-hydrogen) atoms. The lowest BCUT2D eigenvalue weighted by Gasteiger charge is -2.29. The highest BCUT2D eigenvalue weighted by Gasteiger charge is 2.28. The first kappa shape index (κ1) is 14.9. The monoisotopic (exact) mass is 275 g/mol. The second-order valence-electron chi connectivity index (χ2n) is 4.09. The molecule has 0 spiro atoms. The van der Waals surface area contributed by atoms with Crippen LogP contribution >= 0.6 is 0 Å². The van der Waals surface area contributed by atoms with E-state index in [0.717, 1.165) is 0 Å². The fourth-order valence-electron chi connectivity index (χ4n) is 1.53. The number of hydrogen-bond acceptors (Lipinski definition) is 5. The number of nitrogens with one attached hydrogen (secondary N) is 1. The molecule has 0 bridgehead atoms. The topological polar surface area (TPSA) is 99.5 Å². The molecular formula is C10H17N3O4S. The Labute approximate surface area is 107 Å². The van der Waals surface area contributed by atoms with E-state index in [1.807, 2.05) is 0 Å². The van der Waals surface area contributed by atoms with Crippen molar-refractivity contribution in [2.75, 3.05) is 26.3 Å². The Morgan fingerprint density at radius 1 is 1.39 bits per heavy atom. The van der Waals surface area contributed by atoms with Crippen LogP contribution in [0.25, 0.3) is 0 Å². The Kier molecular flexibility index (Phi) is 5.07. The Morgan fingerprint density at radius 3 is 2.44 bits per heavy atom. The third kappa shape index (κ3) is 3.66. The van der Waals surface area contributed by atoms with Gasteiger partial charge in [0.1, 0.15) is 0 Å². The van der Waals surface area contributed by atoms with Gasteiger partial charge < -0.3 is 9.64 Å². The Morgan fingerprint density at radius 2 is 1.94 bits per heavy atom. The average molecular weight is 275 g/mol. The van der Waals surface area contributed by atoms with E-state index in [0.29, 0.717) is 26.3 Å². The molecule has 2 unspecified atom stereocenters. The van der Waals surface area contributed by atoms with Gasteiger partial charge in [0, 0.05) is 13.1 Å². The lowest BCUT2D eigenvalue weighted by atomic mass is 10.3. The van der Waals surface area contributed by atoms with Crippen molar-refractivity contribution in [3.8, 4) is 6.07 Å². The zero-order valence-corrected chi connectivity index (χ0v) is 11.2. The smallest absolute Gasteiger partial charge is 0.240 e. The van der Waals surface area contributed by atoms with Crippen molar-refractivity contribution in [2.45, 2.75) is 25.1 Å². The molecule has 0 aromatic rings. The molecule has 2 atom stereocenters. The zero-order valence-electron chi connectivity index (χ0n) is 10.4. The Bertz CT molecular complexity index is 437. The highest BCUT2D eigenvalue weighted by Crippen LogP contribution is 2.04. The van der Waals surface area contributed by atoms with Crippen molar-refractivity contribution in [2.24, 2.45) is 0 Å². The van der Waals surface area contributed by atoms with E-state index in [4.69, 9.17) is 10.00 Å². The van der Waals surface area contributed by atoms with E-state index in [1.54, 1.807) is 11.0 Å². The van der Waals surface area contributed by atoms with Gasteiger partial charge in [-0.3, -0.25) is 4.79 Å². The summed E-state index contributed by atoms with van der Waals surface area (Å²) in [5.41, 5.74) is 0. The van der Waals surface area contributed by atoms with Gasteiger partial charge in [-0.15, -0.1) is 0 Å². The first-order valence-corrected chi connectivity index (χ1v) is 7.20. The fraction of sp³-hybridized carbons (Fsp3) is 0.800. The molecular weight excluding hydrogens is 258 g/mol. The second kappa shape index (κ2) is 6.13. The molecule has 1 fully saturated rings. The van der Waals surface area contributed by atoms with Crippen molar-refractivity contribution in [3.63, 3.8) is 0 Å². The maximum atomic E-state index is 11.9.